The smallest absolute Gasteiger partial charge is 0.189 e. The summed E-state index contributed by atoms with van der Waals surface area (Å²) in [6, 6.07) is 3.63. The summed E-state index contributed by atoms with van der Waals surface area (Å²) in [6.07, 6.45) is 2.62. The Morgan fingerprint density at radius 1 is 1.71 bits per heavy atom. The Kier molecular flexibility index (Phi) is 3.89. The molecule has 0 amide bonds. The second kappa shape index (κ2) is 5.60. The molecule has 1 atom stereocenters. The van der Waals surface area contributed by atoms with Crippen LogP contribution in [0, 0.1) is 0 Å². The summed E-state index contributed by atoms with van der Waals surface area (Å²) in [4.78, 5) is 4.07. The van der Waals surface area contributed by atoms with E-state index in [4.69, 9.17) is 20.4 Å². The third-order valence-electron chi connectivity index (χ3n) is 2.60. The molecule has 0 aromatic carbocycles. The van der Waals surface area contributed by atoms with Crippen LogP contribution in [-0.2, 0) is 16.1 Å². The van der Waals surface area contributed by atoms with Crippen LogP contribution in [0.25, 0.3) is 0 Å². The molecule has 0 bridgehead atoms. The summed E-state index contributed by atoms with van der Waals surface area (Å²) in [6.45, 7) is 1.75. The first-order valence-corrected chi connectivity index (χ1v) is 5.42. The van der Waals surface area contributed by atoms with E-state index in [2.05, 4.69) is 10.1 Å². The summed E-state index contributed by atoms with van der Waals surface area (Å²) < 4.78 is 10.9. The molecule has 0 aliphatic carbocycles. The van der Waals surface area contributed by atoms with E-state index in [1.54, 1.807) is 12.3 Å². The predicted molar refractivity (Wildman–Crippen MR) is 60.8 cm³/mol. The fourth-order valence-corrected chi connectivity index (χ4v) is 1.69. The lowest BCUT2D eigenvalue weighted by atomic mass is 10.2. The third-order valence-corrected chi connectivity index (χ3v) is 2.60. The van der Waals surface area contributed by atoms with Crippen molar-refractivity contribution in [2.24, 2.45) is 10.9 Å². The standard InChI is InChI=1S/C11H15N3O3/c12-11(14-15)10-8(2-1-4-13-10)6-17-9-3-5-16-7-9/h1-2,4,9,15H,3,5-7H2,(H2,12,14). The molecule has 1 aliphatic heterocycles. The molecule has 92 valence electrons. The van der Waals surface area contributed by atoms with E-state index in [1.807, 2.05) is 6.07 Å². The highest BCUT2D eigenvalue weighted by molar-refractivity contribution is 5.96. The number of oxime groups is 1. The van der Waals surface area contributed by atoms with Gasteiger partial charge < -0.3 is 20.4 Å². The highest BCUT2D eigenvalue weighted by Crippen LogP contribution is 2.13. The molecule has 6 heteroatoms. The molecule has 6 nitrogen and oxygen atoms in total. The Labute approximate surface area is 99.0 Å². The molecule has 2 rings (SSSR count). The van der Waals surface area contributed by atoms with E-state index in [-0.39, 0.29) is 11.9 Å². The Morgan fingerprint density at radius 2 is 2.59 bits per heavy atom. The minimum Gasteiger partial charge on any atom is -0.409 e. The zero-order valence-electron chi connectivity index (χ0n) is 9.37. The normalized spacial score (nSPS) is 20.7. The van der Waals surface area contributed by atoms with Crippen LogP contribution in [0.3, 0.4) is 0 Å². The Morgan fingerprint density at radius 3 is 3.29 bits per heavy atom. The Bertz CT molecular complexity index is 403. The average molecular weight is 237 g/mol. The number of nitrogens with zero attached hydrogens (tertiary/aromatic N) is 2. The van der Waals surface area contributed by atoms with E-state index in [0.717, 1.165) is 18.6 Å². The lowest BCUT2D eigenvalue weighted by Crippen LogP contribution is -2.19. The van der Waals surface area contributed by atoms with Crippen molar-refractivity contribution in [3.8, 4) is 0 Å². The third kappa shape index (κ3) is 2.92. The van der Waals surface area contributed by atoms with Crippen molar-refractivity contribution in [3.63, 3.8) is 0 Å². The quantitative estimate of drug-likeness (QED) is 0.344. The molecule has 3 N–H and O–H groups in total. The number of amidine groups is 1. The van der Waals surface area contributed by atoms with Crippen molar-refractivity contribution in [3.05, 3.63) is 29.6 Å². The van der Waals surface area contributed by atoms with Crippen molar-refractivity contribution < 1.29 is 14.7 Å². The minimum absolute atomic E-state index is 0.00753. The van der Waals surface area contributed by atoms with Gasteiger partial charge in [0.2, 0.25) is 0 Å². The lowest BCUT2D eigenvalue weighted by Gasteiger charge is -2.11. The van der Waals surface area contributed by atoms with Crippen LogP contribution in [0.5, 0.6) is 0 Å². The van der Waals surface area contributed by atoms with Crippen LogP contribution in [0.1, 0.15) is 17.7 Å². The first-order valence-electron chi connectivity index (χ1n) is 5.42. The molecule has 17 heavy (non-hydrogen) atoms. The molecule has 1 aromatic rings. The van der Waals surface area contributed by atoms with Crippen molar-refractivity contribution in [1.29, 1.82) is 0 Å². The predicted octanol–water partition coefficient (Wildman–Crippen LogP) is 0.482. The zero-order chi connectivity index (χ0) is 12.1. The molecule has 1 aliphatic rings. The summed E-state index contributed by atoms with van der Waals surface area (Å²) in [5.74, 6) is -0.00753. The van der Waals surface area contributed by atoms with E-state index in [9.17, 15) is 0 Å². The summed E-state index contributed by atoms with van der Waals surface area (Å²) in [5.41, 5.74) is 6.79. The number of aromatic nitrogens is 1. The van der Waals surface area contributed by atoms with E-state index >= 15 is 0 Å². The van der Waals surface area contributed by atoms with E-state index < -0.39 is 0 Å². The molecule has 0 saturated carbocycles. The van der Waals surface area contributed by atoms with Gasteiger partial charge in [-0.25, -0.2) is 0 Å². The highest BCUT2D eigenvalue weighted by Gasteiger charge is 2.17. The molecule has 2 heterocycles. The first kappa shape index (κ1) is 11.8. The van der Waals surface area contributed by atoms with Gasteiger partial charge in [0.25, 0.3) is 0 Å². The zero-order valence-corrected chi connectivity index (χ0v) is 9.37. The van der Waals surface area contributed by atoms with E-state index in [1.165, 1.54) is 0 Å². The van der Waals surface area contributed by atoms with Crippen molar-refractivity contribution in [2.75, 3.05) is 13.2 Å². The van der Waals surface area contributed by atoms with Crippen molar-refractivity contribution in [1.82, 2.24) is 4.98 Å². The molecule has 1 aromatic heterocycles. The number of ether oxygens (including phenoxy) is 2. The molecule has 0 spiro atoms. The molecular formula is C11H15N3O3. The van der Waals surface area contributed by atoms with Gasteiger partial charge in [-0.3, -0.25) is 4.98 Å². The molecule has 1 fully saturated rings. The fraction of sp³-hybridized carbons (Fsp3) is 0.455. The first-order chi connectivity index (χ1) is 8.31. The Hall–Kier alpha value is -1.66. The molecular weight excluding hydrogens is 222 g/mol. The van der Waals surface area contributed by atoms with Crippen LogP contribution < -0.4 is 5.73 Å². The van der Waals surface area contributed by atoms with Crippen molar-refractivity contribution >= 4 is 5.84 Å². The maximum atomic E-state index is 8.65. The topological polar surface area (TPSA) is 90.0 Å². The fourth-order valence-electron chi connectivity index (χ4n) is 1.69. The van der Waals surface area contributed by atoms with Crippen LogP contribution in [0.2, 0.25) is 0 Å². The lowest BCUT2D eigenvalue weighted by molar-refractivity contribution is 0.0315. The SMILES string of the molecule is NC(=NO)c1ncccc1COC1CCOC1. The maximum absolute atomic E-state index is 8.65. The minimum atomic E-state index is -0.00753. The number of pyridine rings is 1. The average Bonchev–Trinajstić information content (AvgIpc) is 2.89. The second-order valence-electron chi connectivity index (χ2n) is 3.79. The van der Waals surface area contributed by atoms with Crippen molar-refractivity contribution in [2.45, 2.75) is 19.1 Å². The number of rotatable bonds is 4. The largest absolute Gasteiger partial charge is 0.409 e. The van der Waals surface area contributed by atoms with Crippen LogP contribution >= 0.6 is 0 Å². The van der Waals surface area contributed by atoms with Gasteiger partial charge in [-0.1, -0.05) is 11.2 Å². The van der Waals surface area contributed by atoms with Gasteiger partial charge in [0.1, 0.15) is 5.69 Å². The Balaban J connectivity index is 2.04. The maximum Gasteiger partial charge on any atom is 0.189 e. The van der Waals surface area contributed by atoms with Crippen LogP contribution in [0.4, 0.5) is 0 Å². The number of nitrogens with two attached hydrogens (primary N) is 1. The van der Waals surface area contributed by atoms with Crippen LogP contribution in [-0.4, -0.2) is 35.3 Å². The van der Waals surface area contributed by atoms with Gasteiger partial charge in [0.15, 0.2) is 5.84 Å². The number of hydrogen-bond acceptors (Lipinski definition) is 5. The summed E-state index contributed by atoms with van der Waals surface area (Å²) in [5, 5.41) is 11.6. The summed E-state index contributed by atoms with van der Waals surface area (Å²) >= 11 is 0. The summed E-state index contributed by atoms with van der Waals surface area (Å²) in [7, 11) is 0. The van der Waals surface area contributed by atoms with Gasteiger partial charge in [0.05, 0.1) is 19.3 Å². The molecule has 0 radical (unpaired) electrons. The van der Waals surface area contributed by atoms with Crippen LogP contribution in [0.15, 0.2) is 23.5 Å². The van der Waals surface area contributed by atoms with Gasteiger partial charge in [0, 0.05) is 18.4 Å². The van der Waals surface area contributed by atoms with Gasteiger partial charge >= 0.3 is 0 Å². The van der Waals surface area contributed by atoms with Gasteiger partial charge in [-0.15, -0.1) is 0 Å². The van der Waals surface area contributed by atoms with Gasteiger partial charge in [-0.2, -0.15) is 0 Å². The van der Waals surface area contributed by atoms with E-state index in [0.29, 0.717) is 18.9 Å². The monoisotopic (exact) mass is 237 g/mol. The molecule has 1 saturated heterocycles. The number of hydrogen-bond donors (Lipinski definition) is 2. The second-order valence-corrected chi connectivity index (χ2v) is 3.79. The molecule has 1 unspecified atom stereocenters. The van der Waals surface area contributed by atoms with Gasteiger partial charge in [-0.05, 0) is 12.5 Å². The highest BCUT2D eigenvalue weighted by atomic mass is 16.5.